The standard InChI is InChI=1S/C17H26N4O2.2ClH/c1-4-17(18,5-2)11-19-16(23)12-6-7-14-13(10-12)20-15(22)8-9-21(14)3;;/h6-7,10H,4-5,8-9,11,18H2,1-3H3,(H,19,23)(H,20,22);2*1H. The maximum absolute atomic E-state index is 12.4. The fourth-order valence-corrected chi connectivity index (χ4v) is 2.57. The number of carbonyl (C=O) groups excluding carboxylic acids is 2. The summed E-state index contributed by atoms with van der Waals surface area (Å²) in [5.41, 5.74) is 7.95. The van der Waals surface area contributed by atoms with E-state index in [4.69, 9.17) is 5.73 Å². The van der Waals surface area contributed by atoms with E-state index in [1.807, 2.05) is 31.9 Å². The number of fused-ring (bicyclic) bond motifs is 1. The predicted octanol–water partition coefficient (Wildman–Crippen LogP) is 2.56. The first-order chi connectivity index (χ1) is 10.9. The Morgan fingerprint density at radius 1 is 1.32 bits per heavy atom. The number of hydrogen-bond donors (Lipinski definition) is 3. The number of nitrogens with zero attached hydrogens (tertiary/aromatic N) is 1. The molecule has 0 saturated heterocycles. The van der Waals surface area contributed by atoms with Gasteiger partial charge in [0, 0.05) is 37.7 Å². The normalized spacial score (nSPS) is 13.6. The molecule has 8 heteroatoms. The Morgan fingerprint density at radius 3 is 2.56 bits per heavy atom. The van der Waals surface area contributed by atoms with Crippen molar-refractivity contribution in [3.8, 4) is 0 Å². The fraction of sp³-hybridized carbons (Fsp3) is 0.529. The molecule has 2 amide bonds. The molecule has 0 aromatic heterocycles. The zero-order valence-electron chi connectivity index (χ0n) is 14.9. The summed E-state index contributed by atoms with van der Waals surface area (Å²) in [7, 11) is 1.93. The number of anilines is 2. The van der Waals surface area contributed by atoms with Crippen LogP contribution in [0.1, 0.15) is 43.5 Å². The third-order valence-electron chi connectivity index (χ3n) is 4.63. The SMILES string of the molecule is CCC(N)(CC)CNC(=O)c1ccc2c(c1)NC(=O)CCN2C.Cl.Cl. The van der Waals surface area contributed by atoms with Gasteiger partial charge < -0.3 is 21.3 Å². The number of hydrogen-bond acceptors (Lipinski definition) is 4. The molecule has 1 aromatic rings. The van der Waals surface area contributed by atoms with Crippen molar-refractivity contribution < 1.29 is 9.59 Å². The van der Waals surface area contributed by atoms with Gasteiger partial charge in [0.2, 0.25) is 5.91 Å². The van der Waals surface area contributed by atoms with E-state index in [1.54, 1.807) is 12.1 Å². The number of benzene rings is 1. The Balaban J connectivity index is 0.00000288. The Morgan fingerprint density at radius 2 is 1.96 bits per heavy atom. The molecule has 25 heavy (non-hydrogen) atoms. The Labute approximate surface area is 161 Å². The van der Waals surface area contributed by atoms with E-state index in [0.29, 0.717) is 30.8 Å². The molecule has 0 aliphatic carbocycles. The molecule has 0 bridgehead atoms. The maximum Gasteiger partial charge on any atom is 0.251 e. The average Bonchev–Trinajstić information content (AvgIpc) is 2.70. The van der Waals surface area contributed by atoms with Crippen molar-refractivity contribution in [2.45, 2.75) is 38.6 Å². The van der Waals surface area contributed by atoms with Crippen molar-refractivity contribution in [1.29, 1.82) is 0 Å². The third kappa shape index (κ3) is 5.76. The van der Waals surface area contributed by atoms with Gasteiger partial charge in [-0.25, -0.2) is 0 Å². The zero-order valence-corrected chi connectivity index (χ0v) is 16.6. The molecule has 0 unspecified atom stereocenters. The van der Waals surface area contributed by atoms with E-state index in [-0.39, 0.29) is 42.2 Å². The maximum atomic E-state index is 12.4. The number of nitrogens with two attached hydrogens (primary N) is 1. The first-order valence-electron chi connectivity index (χ1n) is 8.10. The number of nitrogens with one attached hydrogen (secondary N) is 2. The molecule has 0 radical (unpaired) electrons. The molecule has 0 fully saturated rings. The van der Waals surface area contributed by atoms with Crippen molar-refractivity contribution in [1.82, 2.24) is 5.32 Å². The number of rotatable bonds is 5. The van der Waals surface area contributed by atoms with Gasteiger partial charge in [0.25, 0.3) is 5.91 Å². The minimum atomic E-state index is -0.379. The Bertz CT molecular complexity index is 606. The van der Waals surface area contributed by atoms with E-state index < -0.39 is 0 Å². The van der Waals surface area contributed by atoms with Crippen LogP contribution >= 0.6 is 24.8 Å². The smallest absolute Gasteiger partial charge is 0.251 e. The van der Waals surface area contributed by atoms with Gasteiger partial charge in [0.1, 0.15) is 0 Å². The summed E-state index contributed by atoms with van der Waals surface area (Å²) in [4.78, 5) is 26.1. The monoisotopic (exact) mass is 390 g/mol. The summed E-state index contributed by atoms with van der Waals surface area (Å²) >= 11 is 0. The minimum Gasteiger partial charge on any atom is -0.372 e. The molecule has 0 spiro atoms. The molecule has 6 nitrogen and oxygen atoms in total. The van der Waals surface area contributed by atoms with E-state index in [9.17, 15) is 9.59 Å². The second-order valence-corrected chi connectivity index (χ2v) is 6.20. The van der Waals surface area contributed by atoms with E-state index in [2.05, 4.69) is 10.6 Å². The van der Waals surface area contributed by atoms with Gasteiger partial charge in [-0.2, -0.15) is 0 Å². The van der Waals surface area contributed by atoms with Crippen LogP contribution in [0.3, 0.4) is 0 Å². The van der Waals surface area contributed by atoms with E-state index in [0.717, 1.165) is 18.5 Å². The molecule has 1 aliphatic rings. The van der Waals surface area contributed by atoms with Gasteiger partial charge in [-0.3, -0.25) is 9.59 Å². The first-order valence-corrected chi connectivity index (χ1v) is 8.10. The minimum absolute atomic E-state index is 0. The highest BCUT2D eigenvalue weighted by atomic mass is 35.5. The van der Waals surface area contributed by atoms with Crippen LogP contribution in [0.5, 0.6) is 0 Å². The number of amides is 2. The van der Waals surface area contributed by atoms with Crippen molar-refractivity contribution in [3.63, 3.8) is 0 Å². The summed E-state index contributed by atoms with van der Waals surface area (Å²) in [6.45, 7) is 5.13. The van der Waals surface area contributed by atoms with Crippen LogP contribution in [-0.4, -0.2) is 37.5 Å². The van der Waals surface area contributed by atoms with Crippen molar-refractivity contribution in [2.24, 2.45) is 5.73 Å². The summed E-state index contributed by atoms with van der Waals surface area (Å²) in [6.07, 6.45) is 2.04. The van der Waals surface area contributed by atoms with E-state index >= 15 is 0 Å². The number of halogens is 2. The van der Waals surface area contributed by atoms with Gasteiger partial charge in [0.15, 0.2) is 0 Å². The summed E-state index contributed by atoms with van der Waals surface area (Å²) in [6, 6.07) is 5.36. The molecule has 4 N–H and O–H groups in total. The van der Waals surface area contributed by atoms with Crippen LogP contribution in [0, 0.1) is 0 Å². The molecule has 1 heterocycles. The summed E-state index contributed by atoms with van der Waals surface area (Å²) in [5.74, 6) is -0.211. The molecular weight excluding hydrogens is 363 g/mol. The Kier molecular flexibility index (Phi) is 9.26. The second kappa shape index (κ2) is 9.85. The van der Waals surface area contributed by atoms with Gasteiger partial charge in [-0.1, -0.05) is 13.8 Å². The first kappa shape index (κ1) is 23.5. The van der Waals surface area contributed by atoms with Crippen LogP contribution in [0.4, 0.5) is 11.4 Å². The fourth-order valence-electron chi connectivity index (χ4n) is 2.57. The van der Waals surface area contributed by atoms with Crippen LogP contribution in [0.15, 0.2) is 18.2 Å². The molecule has 1 aliphatic heterocycles. The topological polar surface area (TPSA) is 87.5 Å². The van der Waals surface area contributed by atoms with Crippen molar-refractivity contribution in [3.05, 3.63) is 23.8 Å². The van der Waals surface area contributed by atoms with Crippen LogP contribution < -0.4 is 21.3 Å². The van der Waals surface area contributed by atoms with Crippen molar-refractivity contribution in [2.75, 3.05) is 30.4 Å². The summed E-state index contributed by atoms with van der Waals surface area (Å²) in [5, 5.41) is 5.75. The largest absolute Gasteiger partial charge is 0.372 e. The van der Waals surface area contributed by atoms with Gasteiger partial charge in [-0.05, 0) is 31.0 Å². The lowest BCUT2D eigenvalue weighted by Crippen LogP contribution is -2.49. The predicted molar refractivity (Wildman–Crippen MR) is 107 cm³/mol. The van der Waals surface area contributed by atoms with Crippen molar-refractivity contribution >= 4 is 48.0 Å². The zero-order chi connectivity index (χ0) is 17.0. The van der Waals surface area contributed by atoms with Gasteiger partial charge in [-0.15, -0.1) is 24.8 Å². The van der Waals surface area contributed by atoms with Gasteiger partial charge in [0.05, 0.1) is 11.4 Å². The molecule has 1 aromatic carbocycles. The quantitative estimate of drug-likeness (QED) is 0.720. The van der Waals surface area contributed by atoms with E-state index in [1.165, 1.54) is 0 Å². The lowest BCUT2D eigenvalue weighted by atomic mass is 9.94. The lowest BCUT2D eigenvalue weighted by Gasteiger charge is -2.27. The molecule has 2 rings (SSSR count). The molecular formula is C17H28Cl2N4O2. The van der Waals surface area contributed by atoms with Crippen LogP contribution in [0.25, 0.3) is 0 Å². The Hall–Kier alpha value is -1.50. The average molecular weight is 391 g/mol. The highest BCUT2D eigenvalue weighted by Gasteiger charge is 2.22. The van der Waals surface area contributed by atoms with Crippen LogP contribution in [-0.2, 0) is 4.79 Å². The highest BCUT2D eigenvalue weighted by molar-refractivity contribution is 6.00. The lowest BCUT2D eigenvalue weighted by molar-refractivity contribution is -0.115. The third-order valence-corrected chi connectivity index (χ3v) is 4.63. The van der Waals surface area contributed by atoms with Gasteiger partial charge >= 0.3 is 0 Å². The molecule has 0 saturated carbocycles. The number of carbonyl (C=O) groups is 2. The second-order valence-electron chi connectivity index (χ2n) is 6.20. The summed E-state index contributed by atoms with van der Waals surface area (Å²) < 4.78 is 0. The molecule has 142 valence electrons. The molecule has 0 atom stereocenters. The van der Waals surface area contributed by atoms with Crippen LogP contribution in [0.2, 0.25) is 0 Å². The highest BCUT2D eigenvalue weighted by Crippen LogP contribution is 2.28.